The van der Waals surface area contributed by atoms with Crippen molar-refractivity contribution in [2.24, 2.45) is 0 Å². The number of aryl methyl sites for hydroxylation is 3. The van der Waals surface area contributed by atoms with Crippen LogP contribution >= 0.6 is 0 Å². The summed E-state index contributed by atoms with van der Waals surface area (Å²) in [5.74, 6) is 1.02. The van der Waals surface area contributed by atoms with Gasteiger partial charge in [-0.1, -0.05) is 17.7 Å². The lowest BCUT2D eigenvalue weighted by molar-refractivity contribution is -0.116. The first-order valence-corrected chi connectivity index (χ1v) is 8.60. The molecule has 1 heterocycles. The first kappa shape index (κ1) is 18.0. The van der Waals surface area contributed by atoms with Gasteiger partial charge < -0.3 is 10.2 Å². The van der Waals surface area contributed by atoms with Crippen LogP contribution in [-0.4, -0.2) is 24.0 Å². The summed E-state index contributed by atoms with van der Waals surface area (Å²) in [6.45, 7) is 10.2. The van der Waals surface area contributed by atoms with E-state index >= 15 is 0 Å². The highest BCUT2D eigenvalue weighted by molar-refractivity contribution is 5.91. The fourth-order valence-electron chi connectivity index (χ4n) is 2.76. The maximum Gasteiger partial charge on any atom is 0.224 e. The van der Waals surface area contributed by atoms with Crippen LogP contribution in [0.25, 0.3) is 0 Å². The molecule has 2 aromatic rings. The van der Waals surface area contributed by atoms with E-state index in [9.17, 15) is 4.79 Å². The highest BCUT2D eigenvalue weighted by Crippen LogP contribution is 2.17. The zero-order chi connectivity index (χ0) is 17.5. The molecule has 2 rings (SSSR count). The summed E-state index contributed by atoms with van der Waals surface area (Å²) >= 11 is 0. The maximum absolute atomic E-state index is 12.2. The van der Waals surface area contributed by atoms with Crippen molar-refractivity contribution in [2.75, 3.05) is 23.3 Å². The van der Waals surface area contributed by atoms with E-state index in [1.54, 1.807) is 0 Å². The lowest BCUT2D eigenvalue weighted by atomic mass is 10.1. The first-order valence-electron chi connectivity index (χ1n) is 8.60. The van der Waals surface area contributed by atoms with Crippen molar-refractivity contribution in [1.82, 2.24) is 4.98 Å². The summed E-state index contributed by atoms with van der Waals surface area (Å²) in [4.78, 5) is 18.8. The number of anilines is 2. The second kappa shape index (κ2) is 8.48. The summed E-state index contributed by atoms with van der Waals surface area (Å²) in [6.07, 6.45) is 3.01. The monoisotopic (exact) mass is 325 g/mol. The van der Waals surface area contributed by atoms with Gasteiger partial charge >= 0.3 is 0 Å². The summed E-state index contributed by atoms with van der Waals surface area (Å²) in [7, 11) is 0. The van der Waals surface area contributed by atoms with Gasteiger partial charge in [-0.05, 0) is 63.4 Å². The van der Waals surface area contributed by atoms with Crippen LogP contribution in [0.3, 0.4) is 0 Å². The van der Waals surface area contributed by atoms with Crippen LogP contribution in [0, 0.1) is 13.8 Å². The molecular formula is C20H27N3O. The van der Waals surface area contributed by atoms with Gasteiger partial charge in [-0.3, -0.25) is 4.79 Å². The van der Waals surface area contributed by atoms with Crippen LogP contribution < -0.4 is 10.2 Å². The van der Waals surface area contributed by atoms with Crippen LogP contribution in [-0.2, 0) is 11.2 Å². The molecule has 1 aromatic carbocycles. The molecule has 0 fully saturated rings. The lowest BCUT2D eigenvalue weighted by Gasteiger charge is -2.20. The Morgan fingerprint density at radius 1 is 1.12 bits per heavy atom. The molecule has 0 aliphatic heterocycles. The van der Waals surface area contributed by atoms with Crippen molar-refractivity contribution >= 4 is 17.4 Å². The molecule has 0 aliphatic carbocycles. The lowest BCUT2D eigenvalue weighted by Crippen LogP contribution is -2.23. The Bertz CT molecular complexity index is 693. The number of nitrogens with zero attached hydrogens (tertiary/aromatic N) is 2. The van der Waals surface area contributed by atoms with Crippen molar-refractivity contribution in [3.05, 3.63) is 53.2 Å². The fraction of sp³-hybridized carbons (Fsp3) is 0.400. The number of pyridine rings is 1. The van der Waals surface area contributed by atoms with E-state index in [1.165, 1.54) is 5.56 Å². The Labute approximate surface area is 144 Å². The van der Waals surface area contributed by atoms with E-state index in [2.05, 4.69) is 48.1 Å². The molecule has 4 heteroatoms. The number of hydrogen-bond acceptors (Lipinski definition) is 3. The van der Waals surface area contributed by atoms with Gasteiger partial charge in [0.25, 0.3) is 0 Å². The molecule has 4 nitrogen and oxygen atoms in total. The number of benzene rings is 1. The van der Waals surface area contributed by atoms with Crippen molar-refractivity contribution < 1.29 is 4.79 Å². The van der Waals surface area contributed by atoms with Gasteiger partial charge in [-0.15, -0.1) is 0 Å². The van der Waals surface area contributed by atoms with Gasteiger partial charge in [-0.25, -0.2) is 4.98 Å². The van der Waals surface area contributed by atoms with Crippen LogP contribution in [0.15, 0.2) is 36.5 Å². The quantitative estimate of drug-likeness (QED) is 0.833. The summed E-state index contributed by atoms with van der Waals surface area (Å²) < 4.78 is 0. The van der Waals surface area contributed by atoms with Gasteiger partial charge in [0, 0.05) is 31.4 Å². The van der Waals surface area contributed by atoms with Crippen LogP contribution in [0.4, 0.5) is 11.5 Å². The Hall–Kier alpha value is -2.36. The predicted molar refractivity (Wildman–Crippen MR) is 101 cm³/mol. The smallest absolute Gasteiger partial charge is 0.224 e. The molecule has 0 spiro atoms. The van der Waals surface area contributed by atoms with Crippen molar-refractivity contribution in [3.63, 3.8) is 0 Å². The normalized spacial score (nSPS) is 10.5. The maximum atomic E-state index is 12.2. The summed E-state index contributed by atoms with van der Waals surface area (Å²) in [6, 6.07) is 10.1. The van der Waals surface area contributed by atoms with Gasteiger partial charge in [0.15, 0.2) is 0 Å². The van der Waals surface area contributed by atoms with E-state index < -0.39 is 0 Å². The van der Waals surface area contributed by atoms with Crippen molar-refractivity contribution in [1.29, 1.82) is 0 Å². The summed E-state index contributed by atoms with van der Waals surface area (Å²) in [5, 5.41) is 3.00. The molecule has 1 aromatic heterocycles. The second-order valence-electron chi connectivity index (χ2n) is 6.06. The molecule has 0 unspecified atom stereocenters. The predicted octanol–water partition coefficient (Wildman–Crippen LogP) is 4.12. The molecule has 0 saturated heterocycles. The average molecular weight is 325 g/mol. The Kier molecular flexibility index (Phi) is 6.36. The highest BCUT2D eigenvalue weighted by atomic mass is 16.1. The summed E-state index contributed by atoms with van der Waals surface area (Å²) in [5.41, 5.74) is 4.33. The largest absolute Gasteiger partial charge is 0.357 e. The number of rotatable bonds is 7. The molecular weight excluding hydrogens is 298 g/mol. The molecule has 1 N–H and O–H groups in total. The minimum absolute atomic E-state index is 0.0446. The molecule has 0 saturated carbocycles. The number of nitrogens with one attached hydrogen (secondary N) is 1. The minimum atomic E-state index is 0.0446. The molecule has 0 bridgehead atoms. The van der Waals surface area contributed by atoms with Crippen molar-refractivity contribution in [3.8, 4) is 0 Å². The molecule has 24 heavy (non-hydrogen) atoms. The first-order chi connectivity index (χ1) is 11.5. The van der Waals surface area contributed by atoms with Crippen LogP contribution in [0.1, 0.15) is 37.0 Å². The second-order valence-corrected chi connectivity index (χ2v) is 6.06. The standard InChI is InChI=1S/C20H27N3O/c1-5-23(6-2)19-14-17(11-12-21-19)8-10-20(24)22-18-9-7-15(3)13-16(18)4/h7,9,11-14H,5-6,8,10H2,1-4H3,(H,22,24). The SMILES string of the molecule is CCN(CC)c1cc(CCC(=O)Nc2ccc(C)cc2C)ccn1. The third-order valence-electron chi connectivity index (χ3n) is 4.19. The van der Waals surface area contributed by atoms with E-state index in [0.717, 1.165) is 35.7 Å². The van der Waals surface area contributed by atoms with E-state index in [1.807, 2.05) is 31.3 Å². The molecule has 1 amide bonds. The van der Waals surface area contributed by atoms with Crippen LogP contribution in [0.2, 0.25) is 0 Å². The number of carbonyl (C=O) groups excluding carboxylic acids is 1. The van der Waals surface area contributed by atoms with E-state index in [-0.39, 0.29) is 5.91 Å². The van der Waals surface area contributed by atoms with Crippen LogP contribution in [0.5, 0.6) is 0 Å². The van der Waals surface area contributed by atoms with Gasteiger partial charge in [0.05, 0.1) is 0 Å². The Balaban J connectivity index is 1.95. The molecule has 0 radical (unpaired) electrons. The third-order valence-corrected chi connectivity index (χ3v) is 4.19. The Morgan fingerprint density at radius 2 is 1.88 bits per heavy atom. The van der Waals surface area contributed by atoms with Crippen molar-refractivity contribution in [2.45, 2.75) is 40.5 Å². The van der Waals surface area contributed by atoms with Gasteiger partial charge in [0.2, 0.25) is 5.91 Å². The third kappa shape index (κ3) is 4.82. The topological polar surface area (TPSA) is 45.2 Å². The number of carbonyl (C=O) groups is 1. The number of aromatic nitrogens is 1. The molecule has 0 atom stereocenters. The fourth-order valence-corrected chi connectivity index (χ4v) is 2.76. The molecule has 128 valence electrons. The molecule has 0 aliphatic rings. The van der Waals surface area contributed by atoms with Gasteiger partial charge in [-0.2, -0.15) is 0 Å². The number of hydrogen-bond donors (Lipinski definition) is 1. The number of amides is 1. The minimum Gasteiger partial charge on any atom is -0.357 e. The zero-order valence-electron chi connectivity index (χ0n) is 15.1. The zero-order valence-corrected chi connectivity index (χ0v) is 15.1. The average Bonchev–Trinajstić information content (AvgIpc) is 2.57. The highest BCUT2D eigenvalue weighted by Gasteiger charge is 2.08. The Morgan fingerprint density at radius 3 is 2.54 bits per heavy atom. The van der Waals surface area contributed by atoms with E-state index in [0.29, 0.717) is 12.8 Å². The van der Waals surface area contributed by atoms with Gasteiger partial charge in [0.1, 0.15) is 5.82 Å². The van der Waals surface area contributed by atoms with E-state index in [4.69, 9.17) is 0 Å².